The molecule has 0 aromatic heterocycles. The van der Waals surface area contributed by atoms with Gasteiger partial charge in [-0.1, -0.05) is 227 Å². The zero-order valence-corrected chi connectivity index (χ0v) is 119. The van der Waals surface area contributed by atoms with E-state index in [2.05, 4.69) is 0 Å². The molecule has 15 rings (SSSR count). The van der Waals surface area contributed by atoms with Gasteiger partial charge in [-0.15, -0.1) is 38.5 Å². The summed E-state index contributed by atoms with van der Waals surface area (Å²) in [5, 5.41) is 27.1. The molecule has 0 amide bonds. The summed E-state index contributed by atoms with van der Waals surface area (Å²) in [4.78, 5) is 56.6. The van der Waals surface area contributed by atoms with Gasteiger partial charge in [0.25, 0.3) is 3.79 Å². The molecule has 3 saturated carbocycles. The number of esters is 3. The maximum absolute atomic E-state index is 14.4. The second kappa shape index (κ2) is 74.2. The topological polar surface area (TPSA) is 377 Å². The summed E-state index contributed by atoms with van der Waals surface area (Å²) >= 11 is 26.7. The van der Waals surface area contributed by atoms with Crippen LogP contribution in [0.4, 0.5) is 0 Å². The van der Waals surface area contributed by atoms with E-state index in [1.807, 2.05) is 172 Å². The number of carbonyl (C=O) groups is 4. The van der Waals surface area contributed by atoms with Gasteiger partial charge in [0.2, 0.25) is 0 Å². The van der Waals surface area contributed by atoms with Gasteiger partial charge in [-0.2, -0.15) is 0 Å². The summed E-state index contributed by atoms with van der Waals surface area (Å²) in [5.74, 6) is 0.358. The number of hydrogen-bond acceptors (Lipinski definition) is 32. The van der Waals surface area contributed by atoms with Crippen LogP contribution in [0.5, 0.6) is 23.0 Å². The molecule has 794 valence electrons. The van der Waals surface area contributed by atoms with Crippen molar-refractivity contribution in [2.75, 3.05) is 72.8 Å². The van der Waals surface area contributed by atoms with E-state index in [0.717, 1.165) is 175 Å². The average molecular weight is 2990 g/mol. The SMILES string of the molecule is CC[C@H]1O[CH-]C[C@H]1OP(O)(=S)OC[C@H]1O[CH-]C[C@H]1OC(c1ccccc1)(c1ccc(OC)cc1)c1ccc(OC)cc1.CC[C@H]1O[CH-]C[C@H]1O[P@](=O)(OC[C@H]1O[CH-]C[C@H]1OC(c1ccccc1)(c1ccc(OC)cc1)c1ccc(OC)cc1)SCOC(=O)C1CCCCC1.O=C(O)C(Cl)(Cl)Cl.O=C(OCCl)C1CCCCC1.O=C(OCS[P@@](=O)(OC[C@H]1O[CH-]C[C@H]1O)O[C@@H]1C[CH-]O[C@@H]1CO)C1CCCCC1.[Ba+2].[Ba+2].[Ba+2].[Ba+2].[Ba+2].[Ba+2].[H-].[H-].[H-].[H-].[H-].[H-]. The molecule has 31 nitrogen and oxygen atoms in total. The van der Waals surface area contributed by atoms with Crippen LogP contribution < -0.4 is 18.9 Å². The second-order valence-electron chi connectivity index (χ2n) is 34.3. The average Bonchev–Trinajstić information content (AvgIpc) is 1.55. The number of benzene rings is 6. The van der Waals surface area contributed by atoms with Gasteiger partial charge in [0.05, 0.1) is 134 Å². The first-order valence-electron chi connectivity index (χ1n) is 47.4. The van der Waals surface area contributed by atoms with Crippen molar-refractivity contribution in [2.24, 2.45) is 17.8 Å². The number of hydrogen-bond donors (Lipinski definition) is 4. The summed E-state index contributed by atoms with van der Waals surface area (Å²) in [6.07, 6.45) is 13.2. The number of carbonyl (C=O) groups excluding carboxylic acids is 3. The maximum atomic E-state index is 14.4. The minimum atomic E-state index is -3.88. The summed E-state index contributed by atoms with van der Waals surface area (Å²) in [6.45, 7) is 2.01. The minimum absolute atomic E-state index is 0. The molecular formula is C100H135Ba6Cl4O31P3S3. The Balaban J connectivity index is 0. The van der Waals surface area contributed by atoms with Crippen molar-refractivity contribution >= 4 is 418 Å². The Bertz CT molecular complexity index is 4840. The Labute approximate surface area is 1150 Å². The van der Waals surface area contributed by atoms with Crippen molar-refractivity contribution in [3.63, 3.8) is 0 Å². The Morgan fingerprint density at radius 2 is 0.687 bits per heavy atom. The molecule has 1 unspecified atom stereocenters. The van der Waals surface area contributed by atoms with Crippen LogP contribution in [0.3, 0.4) is 0 Å². The number of carboxylic acids is 1. The van der Waals surface area contributed by atoms with Gasteiger partial charge in [-0.3, -0.25) is 32.5 Å². The zero-order valence-electron chi connectivity index (χ0n) is 90.0. The van der Waals surface area contributed by atoms with Crippen LogP contribution in [-0.4, -0.2) is 487 Å². The largest absolute Gasteiger partial charge is 2.00 e. The van der Waals surface area contributed by atoms with Gasteiger partial charge in [-0.05, 0) is 145 Å². The predicted molar refractivity (Wildman–Crippen MR) is 578 cm³/mol. The molecule has 6 aliphatic heterocycles. The van der Waals surface area contributed by atoms with Crippen LogP contribution >= 0.6 is 89.5 Å². The number of aliphatic hydroxyl groups excluding tert-OH is 2. The molecule has 6 saturated heterocycles. The molecule has 6 aromatic carbocycles. The van der Waals surface area contributed by atoms with E-state index in [-0.39, 0.29) is 400 Å². The first-order chi connectivity index (χ1) is 68.0. The van der Waals surface area contributed by atoms with Crippen molar-refractivity contribution in [3.05, 3.63) is 231 Å². The number of ether oxygens (including phenoxy) is 15. The van der Waals surface area contributed by atoms with Gasteiger partial charge in [0, 0.05) is 35.0 Å². The van der Waals surface area contributed by atoms with Gasteiger partial charge in [0.15, 0.2) is 6.07 Å². The normalized spacial score (nSPS) is 23.7. The van der Waals surface area contributed by atoms with E-state index >= 15 is 0 Å². The van der Waals surface area contributed by atoms with E-state index < -0.39 is 96.2 Å². The van der Waals surface area contributed by atoms with Crippen LogP contribution in [0.2, 0.25) is 0 Å². The van der Waals surface area contributed by atoms with Crippen LogP contribution in [0.15, 0.2) is 158 Å². The van der Waals surface area contributed by atoms with E-state index in [1.54, 1.807) is 54.9 Å². The van der Waals surface area contributed by atoms with Crippen molar-refractivity contribution < 1.29 is 155 Å². The molecule has 6 aromatic rings. The standard InChI is InChI=1S/C40H49O10PS.C32H37O8PS.C18H29O9PS.C8H13ClO2.C2HCl3O2.6Ba.6H/c1-4-35-37(24-26-45-35)50-51(42,52-28-47-39(41)29-11-7-5-8-12-29)48-27-38-36(23-25-46-38)49-40(30-13-9-6-10-14-30,31-15-19-33(43-2)20-16-31)32-17-21-34(44-3)22-18-32;1-4-28-30(19-21-36-28)40-41(33,42)38-22-31-29(18-20-37-31)39-32(23-8-6-5-7-9-23,24-10-14-26(34-2)15-11-24)25-12-16-27(35-3)17-13-25;19-10-16-15(7-9-23-16)27-28(22,26-11-17-14(20)6-8-24-17)29-12-25-18(21)13-4-2-1-3-5-13;9-6-11-8(10)7-4-2-1-3-5-7;3-2(4,5)1(6)7;;;;;;;;;;;;/h6,9-10,13-22,25-26,29,35-38H,4-5,7-8,11-12,23-24,27-28H2,1-3H3;5-17,20-21,28-31H,4,18-19,22H2,1-3H3,(H,33,42);8-9,13-17,19-20H,1-7,10-12H2;7H,1-6H2;(H,6,7);;;;;;;;;;;;/q3*-2;;;6*+2;6*-1/t35-,36-,37-,38-,51+;28-,29-,30-,31-,41?;14-,15-,16-,17-,28+;;;;;;;;;;;;;;/m111............../s1. The van der Waals surface area contributed by atoms with Gasteiger partial charge in [-0.25, -0.2) is 53.6 Å². The van der Waals surface area contributed by atoms with Crippen LogP contribution in [-0.2, 0) is 131 Å². The molecule has 0 spiro atoms. The van der Waals surface area contributed by atoms with E-state index in [0.29, 0.717) is 44.9 Å². The molecule has 47 heteroatoms. The predicted octanol–water partition coefficient (Wildman–Crippen LogP) is 20.0. The number of aliphatic hydroxyl groups is 2. The first-order valence-corrected chi connectivity index (χ1v) is 57.9. The smallest absolute Gasteiger partial charge is 1.00 e. The fourth-order valence-electron chi connectivity index (χ4n) is 17.4. The quantitative estimate of drug-likeness (QED) is 0.00404. The number of carboxylic acid groups (broad SMARTS) is 1. The fourth-order valence-corrected chi connectivity index (χ4v) is 24.7. The van der Waals surface area contributed by atoms with Gasteiger partial charge >= 0.3 is 337 Å². The minimum Gasteiger partial charge on any atom is -1.00 e. The molecule has 9 aliphatic rings. The third-order valence-corrected chi connectivity index (χ3v) is 34.1. The zero-order chi connectivity index (χ0) is 101. The molecule has 0 bridgehead atoms. The molecule has 15 atom stereocenters. The second-order valence-corrected chi connectivity index (χ2v) is 47.6. The molecule has 9 fully saturated rings. The number of alkyl halides is 4. The number of halogens is 4. The Morgan fingerprint density at radius 1 is 0.408 bits per heavy atom. The van der Waals surface area contributed by atoms with E-state index in [9.17, 15) is 43.4 Å². The fraction of sp³-hybridized carbons (Fsp3) is 0.540. The molecule has 4 N–H and O–H groups in total. The maximum Gasteiger partial charge on any atom is 2.00 e. The van der Waals surface area contributed by atoms with Crippen LogP contribution in [0.25, 0.3) is 0 Å². The third kappa shape index (κ3) is 44.5. The first kappa shape index (κ1) is 142. The number of rotatable bonds is 42. The van der Waals surface area contributed by atoms with Crippen molar-refractivity contribution in [3.8, 4) is 23.0 Å². The van der Waals surface area contributed by atoms with Crippen molar-refractivity contribution in [2.45, 2.75) is 250 Å². The van der Waals surface area contributed by atoms with Gasteiger partial charge in [0.1, 0.15) is 46.1 Å². The summed E-state index contributed by atoms with van der Waals surface area (Å²) < 4.78 is 147. The molecule has 0 radical (unpaired) electrons. The Morgan fingerprint density at radius 3 is 0.993 bits per heavy atom. The summed E-state index contributed by atoms with van der Waals surface area (Å²) in [5.41, 5.74) is 3.31. The number of methoxy groups -OCH3 is 4. The summed E-state index contributed by atoms with van der Waals surface area (Å²) in [7, 11) is 6.56. The molecule has 147 heavy (non-hydrogen) atoms. The van der Waals surface area contributed by atoms with Gasteiger partial charge < -0.3 is 109 Å². The van der Waals surface area contributed by atoms with Crippen molar-refractivity contribution in [1.29, 1.82) is 0 Å². The number of aliphatic carboxylic acids is 1. The van der Waals surface area contributed by atoms with Crippen LogP contribution in [0, 0.1) is 57.4 Å². The van der Waals surface area contributed by atoms with E-state index in [1.165, 1.54) is 19.6 Å². The molecular weight excluding hydrogens is 2850 g/mol. The van der Waals surface area contributed by atoms with Crippen molar-refractivity contribution in [1.82, 2.24) is 0 Å². The Kier molecular flexibility index (Phi) is 71.4. The Hall–Kier alpha value is 4.12. The summed E-state index contributed by atoms with van der Waals surface area (Å²) in [6, 6.07) is 51.4. The van der Waals surface area contributed by atoms with Crippen LogP contribution in [0.1, 0.15) is 203 Å². The van der Waals surface area contributed by atoms with E-state index in [4.69, 9.17) is 162 Å². The molecule has 6 heterocycles. The molecule has 3 aliphatic carbocycles. The monoisotopic (exact) mass is 2990 g/mol. The third-order valence-electron chi connectivity index (χ3n) is 25.2.